The van der Waals surface area contributed by atoms with Crippen LogP contribution in [0.15, 0.2) is 0 Å². The number of esters is 1. The fourth-order valence-corrected chi connectivity index (χ4v) is 6.24. The van der Waals surface area contributed by atoms with Crippen molar-refractivity contribution in [2.24, 2.45) is 0 Å². The highest BCUT2D eigenvalue weighted by Gasteiger charge is 2.51. The highest BCUT2D eigenvalue weighted by molar-refractivity contribution is 7.17. The molecule has 1 spiro atoms. The zero-order valence-electron chi connectivity index (χ0n) is 18.8. The molecular weight excluding hydrogens is 430 g/mol. The number of hydrogen-bond acceptors (Lipinski definition) is 6. The van der Waals surface area contributed by atoms with Gasteiger partial charge in [0.2, 0.25) is 5.91 Å². The molecule has 1 aromatic rings. The fraction of sp³-hybridized carbons (Fsp3) is 0.652. The standard InChI is InChI=1S/C23H31N3O5S/c1-14(2)31-20(28)18-15-9-5-6-10-16(15)32-19(18)24-17(27)13-26-21(29)23(25-22(26)30)11-7-3-4-8-12-23/h14H,3-13H2,1-2H3,(H,24,27)(H,25,30). The predicted molar refractivity (Wildman–Crippen MR) is 121 cm³/mol. The lowest BCUT2D eigenvalue weighted by Crippen LogP contribution is -2.47. The Bertz CT molecular complexity index is 930. The van der Waals surface area contributed by atoms with Gasteiger partial charge in [0.15, 0.2) is 0 Å². The molecule has 2 N–H and O–H groups in total. The summed E-state index contributed by atoms with van der Waals surface area (Å²) < 4.78 is 5.43. The summed E-state index contributed by atoms with van der Waals surface area (Å²) in [6.07, 6.45) is 8.49. The maximum atomic E-state index is 13.1. The summed E-state index contributed by atoms with van der Waals surface area (Å²) in [5, 5.41) is 6.10. The minimum atomic E-state index is -0.873. The number of aryl methyl sites for hydroxylation is 1. The number of urea groups is 1. The first-order valence-corrected chi connectivity index (χ1v) is 12.4. The summed E-state index contributed by atoms with van der Waals surface area (Å²) in [6.45, 7) is 3.21. The molecule has 4 rings (SSSR count). The average molecular weight is 462 g/mol. The minimum Gasteiger partial charge on any atom is -0.459 e. The van der Waals surface area contributed by atoms with Crippen LogP contribution in [-0.4, -0.2) is 46.9 Å². The van der Waals surface area contributed by atoms with Crippen LogP contribution in [0.25, 0.3) is 0 Å². The van der Waals surface area contributed by atoms with Crippen LogP contribution >= 0.6 is 11.3 Å². The summed E-state index contributed by atoms with van der Waals surface area (Å²) in [7, 11) is 0. The summed E-state index contributed by atoms with van der Waals surface area (Å²) >= 11 is 1.39. The maximum Gasteiger partial charge on any atom is 0.341 e. The van der Waals surface area contributed by atoms with Crippen LogP contribution in [0.3, 0.4) is 0 Å². The second kappa shape index (κ2) is 9.21. The topological polar surface area (TPSA) is 105 Å². The Kier molecular flexibility index (Phi) is 6.55. The van der Waals surface area contributed by atoms with Crippen LogP contribution in [0.5, 0.6) is 0 Å². The number of fused-ring (bicyclic) bond motifs is 1. The molecule has 0 aromatic carbocycles. The van der Waals surface area contributed by atoms with E-state index in [1.807, 2.05) is 0 Å². The molecule has 9 heteroatoms. The Balaban J connectivity index is 1.51. The molecule has 4 amide bonds. The monoisotopic (exact) mass is 461 g/mol. The lowest BCUT2D eigenvalue weighted by Gasteiger charge is -2.24. The van der Waals surface area contributed by atoms with Gasteiger partial charge in [-0.25, -0.2) is 9.59 Å². The van der Waals surface area contributed by atoms with Crippen molar-refractivity contribution in [1.29, 1.82) is 0 Å². The van der Waals surface area contributed by atoms with Gasteiger partial charge in [-0.1, -0.05) is 25.7 Å². The Morgan fingerprint density at radius 3 is 2.47 bits per heavy atom. The summed E-state index contributed by atoms with van der Waals surface area (Å²) in [4.78, 5) is 53.4. The van der Waals surface area contributed by atoms with E-state index in [9.17, 15) is 19.2 Å². The van der Waals surface area contributed by atoms with E-state index in [-0.39, 0.29) is 18.6 Å². The van der Waals surface area contributed by atoms with Crippen LogP contribution in [-0.2, 0) is 27.2 Å². The maximum absolute atomic E-state index is 13.1. The van der Waals surface area contributed by atoms with Crippen molar-refractivity contribution in [2.45, 2.75) is 89.7 Å². The molecule has 0 radical (unpaired) electrons. The number of hydrogen-bond donors (Lipinski definition) is 2. The van der Waals surface area contributed by atoms with E-state index >= 15 is 0 Å². The number of anilines is 1. The molecule has 0 unspecified atom stereocenters. The smallest absolute Gasteiger partial charge is 0.341 e. The summed E-state index contributed by atoms with van der Waals surface area (Å²) in [6, 6.07) is -0.517. The fourth-order valence-electron chi connectivity index (χ4n) is 4.94. The molecule has 2 fully saturated rings. The second-order valence-electron chi connectivity index (χ2n) is 9.24. The molecule has 2 heterocycles. The molecule has 174 valence electrons. The molecule has 1 aromatic heterocycles. The largest absolute Gasteiger partial charge is 0.459 e. The van der Waals surface area contributed by atoms with Crippen molar-refractivity contribution in [3.05, 3.63) is 16.0 Å². The Labute approximate surface area is 192 Å². The quantitative estimate of drug-likeness (QED) is 0.513. The van der Waals surface area contributed by atoms with Crippen molar-refractivity contribution in [2.75, 3.05) is 11.9 Å². The van der Waals surface area contributed by atoms with Gasteiger partial charge in [-0.2, -0.15) is 0 Å². The molecule has 1 aliphatic heterocycles. The first kappa shape index (κ1) is 22.8. The van der Waals surface area contributed by atoms with Crippen LogP contribution < -0.4 is 10.6 Å². The third kappa shape index (κ3) is 4.40. The van der Waals surface area contributed by atoms with Gasteiger partial charge in [-0.05, 0) is 57.9 Å². The van der Waals surface area contributed by atoms with Crippen LogP contribution in [0, 0.1) is 0 Å². The predicted octanol–water partition coefficient (Wildman–Crippen LogP) is 3.78. The van der Waals surface area contributed by atoms with E-state index in [0.29, 0.717) is 23.4 Å². The summed E-state index contributed by atoms with van der Waals surface area (Å²) in [5.74, 6) is -1.25. The number of nitrogens with zero attached hydrogens (tertiary/aromatic N) is 1. The third-order valence-electron chi connectivity index (χ3n) is 6.48. The minimum absolute atomic E-state index is 0.271. The third-order valence-corrected chi connectivity index (χ3v) is 7.68. The number of amides is 4. The molecule has 3 aliphatic rings. The van der Waals surface area contributed by atoms with Crippen LogP contribution in [0.1, 0.15) is 86.0 Å². The molecule has 1 saturated carbocycles. The van der Waals surface area contributed by atoms with Gasteiger partial charge in [-0.3, -0.25) is 14.5 Å². The number of ether oxygens (including phenoxy) is 1. The number of thiophene rings is 1. The molecule has 0 bridgehead atoms. The van der Waals surface area contributed by atoms with Gasteiger partial charge in [0, 0.05) is 4.88 Å². The van der Waals surface area contributed by atoms with E-state index in [1.54, 1.807) is 13.8 Å². The van der Waals surface area contributed by atoms with Gasteiger partial charge in [0.1, 0.15) is 17.1 Å². The SMILES string of the molecule is CC(C)OC(=O)c1c(NC(=O)CN2C(=O)NC3(CCCCCC3)C2=O)sc2c1CCCC2. The van der Waals surface area contributed by atoms with E-state index in [1.165, 1.54) is 11.3 Å². The van der Waals surface area contributed by atoms with Gasteiger partial charge >= 0.3 is 12.0 Å². The normalized spacial score (nSPS) is 20.2. The number of carbonyl (C=O) groups is 4. The molecule has 32 heavy (non-hydrogen) atoms. The van der Waals surface area contributed by atoms with Crippen molar-refractivity contribution in [3.63, 3.8) is 0 Å². The summed E-state index contributed by atoms with van der Waals surface area (Å²) in [5.41, 5.74) is 0.501. The van der Waals surface area contributed by atoms with Crippen molar-refractivity contribution < 1.29 is 23.9 Å². The van der Waals surface area contributed by atoms with E-state index in [4.69, 9.17) is 4.74 Å². The van der Waals surface area contributed by atoms with Crippen LogP contribution in [0.4, 0.5) is 9.80 Å². The van der Waals surface area contributed by atoms with E-state index in [2.05, 4.69) is 10.6 Å². The van der Waals surface area contributed by atoms with Gasteiger partial charge in [-0.15, -0.1) is 11.3 Å². The Hall–Kier alpha value is -2.42. The average Bonchev–Trinajstić information content (AvgIpc) is 3.06. The molecule has 0 atom stereocenters. The molecular formula is C23H31N3O5S. The van der Waals surface area contributed by atoms with Crippen molar-refractivity contribution in [1.82, 2.24) is 10.2 Å². The van der Waals surface area contributed by atoms with E-state index in [0.717, 1.165) is 66.7 Å². The Morgan fingerprint density at radius 1 is 1.09 bits per heavy atom. The number of nitrogens with one attached hydrogen (secondary N) is 2. The number of rotatable bonds is 5. The second-order valence-corrected chi connectivity index (χ2v) is 10.3. The van der Waals surface area contributed by atoms with Gasteiger partial charge in [0.05, 0.1) is 11.7 Å². The van der Waals surface area contributed by atoms with E-state index < -0.39 is 23.4 Å². The lowest BCUT2D eigenvalue weighted by molar-refractivity contribution is -0.134. The first-order valence-electron chi connectivity index (χ1n) is 11.6. The zero-order chi connectivity index (χ0) is 22.9. The zero-order valence-corrected chi connectivity index (χ0v) is 19.6. The van der Waals surface area contributed by atoms with Gasteiger partial charge in [0.25, 0.3) is 5.91 Å². The molecule has 2 aliphatic carbocycles. The number of imide groups is 1. The van der Waals surface area contributed by atoms with Crippen LogP contribution in [0.2, 0.25) is 0 Å². The molecule has 1 saturated heterocycles. The van der Waals surface area contributed by atoms with Crippen molar-refractivity contribution in [3.8, 4) is 0 Å². The lowest BCUT2D eigenvalue weighted by atomic mass is 9.90. The highest BCUT2D eigenvalue weighted by atomic mass is 32.1. The van der Waals surface area contributed by atoms with Gasteiger partial charge < -0.3 is 15.4 Å². The first-order chi connectivity index (χ1) is 15.3. The molecule has 8 nitrogen and oxygen atoms in total. The van der Waals surface area contributed by atoms with Crippen molar-refractivity contribution >= 4 is 40.2 Å². The highest BCUT2D eigenvalue weighted by Crippen LogP contribution is 2.39. The number of carbonyl (C=O) groups excluding carboxylic acids is 4. The Morgan fingerprint density at radius 2 is 1.78 bits per heavy atom.